The van der Waals surface area contributed by atoms with Crippen LogP contribution in [0.1, 0.15) is 13.8 Å². The zero-order chi connectivity index (χ0) is 6.57. The Morgan fingerprint density at radius 2 is 2.22 bits per heavy atom. The van der Waals surface area contributed by atoms with Gasteiger partial charge in [-0.3, -0.25) is 0 Å². The van der Waals surface area contributed by atoms with E-state index in [0.29, 0.717) is 6.61 Å². The predicted octanol–water partition coefficient (Wildman–Crippen LogP) is -0.894. The minimum atomic E-state index is -0.991. The maximum Gasteiger partial charge on any atom is 0.334 e. The van der Waals surface area contributed by atoms with E-state index in [4.69, 9.17) is 5.11 Å². The van der Waals surface area contributed by atoms with Crippen molar-refractivity contribution < 1.29 is 20.1 Å². The molecule has 1 unspecified atom stereocenters. The number of hydrogen-bond donors (Lipinski definition) is 1. The summed E-state index contributed by atoms with van der Waals surface area (Å²) in [6, 6.07) is 0. The maximum absolute atomic E-state index is 10.3. The lowest BCUT2D eigenvalue weighted by molar-refractivity contribution is -0.151. The van der Waals surface area contributed by atoms with Crippen molar-refractivity contribution in [2.24, 2.45) is 0 Å². The number of carbonyl (C=O) groups is 1. The summed E-state index contributed by atoms with van der Waals surface area (Å²) >= 11 is 0. The minimum absolute atomic E-state index is 0. The first-order valence-corrected chi connectivity index (χ1v) is 2.53. The van der Waals surface area contributed by atoms with E-state index >= 15 is 0 Å². The zero-order valence-corrected chi connectivity index (χ0v) is 5.55. The molecule has 0 aromatic heterocycles. The first-order valence-electron chi connectivity index (χ1n) is 2.53. The molecule has 4 nitrogen and oxygen atoms in total. The van der Waals surface area contributed by atoms with Crippen molar-refractivity contribution in [2.45, 2.75) is 20.0 Å². The molecule has 0 radical (unpaired) electrons. The first-order chi connectivity index (χ1) is 3.68. The highest BCUT2D eigenvalue weighted by molar-refractivity contribution is 5.73. The molecular formula is C5H12O4. The molecule has 4 heteroatoms. The summed E-state index contributed by atoms with van der Waals surface area (Å²) in [6.45, 7) is 3.39. The van der Waals surface area contributed by atoms with Gasteiger partial charge in [-0.1, -0.05) is 0 Å². The fraction of sp³-hybridized carbons (Fsp3) is 0.800. The lowest BCUT2D eigenvalue weighted by Gasteiger charge is -2.01. The van der Waals surface area contributed by atoms with Gasteiger partial charge in [0.2, 0.25) is 0 Å². The Morgan fingerprint density at radius 3 is 2.33 bits per heavy atom. The molecular weight excluding hydrogens is 124 g/mol. The summed E-state index contributed by atoms with van der Waals surface area (Å²) in [4.78, 5) is 10.3. The van der Waals surface area contributed by atoms with Gasteiger partial charge in [-0.15, -0.1) is 0 Å². The van der Waals surface area contributed by atoms with E-state index in [1.807, 2.05) is 0 Å². The monoisotopic (exact) mass is 136 g/mol. The molecule has 0 amide bonds. The van der Waals surface area contributed by atoms with Gasteiger partial charge in [-0.2, -0.15) is 0 Å². The number of esters is 1. The van der Waals surface area contributed by atoms with Crippen LogP contribution in [0.3, 0.4) is 0 Å². The molecule has 0 rings (SSSR count). The molecule has 0 heterocycles. The largest absolute Gasteiger partial charge is 0.464 e. The van der Waals surface area contributed by atoms with Crippen molar-refractivity contribution >= 4 is 5.97 Å². The normalized spacial score (nSPS) is 11.4. The third-order valence-electron chi connectivity index (χ3n) is 0.628. The Hall–Kier alpha value is -0.610. The summed E-state index contributed by atoms with van der Waals surface area (Å²) in [6.07, 6.45) is -0.991. The number of hydrogen-bond acceptors (Lipinski definition) is 3. The molecule has 0 aliphatic rings. The summed E-state index contributed by atoms with van der Waals surface area (Å²) < 4.78 is 4.41. The standard InChI is InChI=1S/C5H10O3.H2O/c1-3-8-5(7)4(2)6;/h4,6H,3H2,1-2H3;1H2. The van der Waals surface area contributed by atoms with Gasteiger partial charge in [0.15, 0.2) is 0 Å². The zero-order valence-electron chi connectivity index (χ0n) is 5.55. The molecule has 0 bridgehead atoms. The van der Waals surface area contributed by atoms with Crippen LogP contribution >= 0.6 is 0 Å². The van der Waals surface area contributed by atoms with Crippen molar-refractivity contribution in [1.29, 1.82) is 0 Å². The average molecular weight is 136 g/mol. The summed E-state index contributed by atoms with van der Waals surface area (Å²) in [5, 5.41) is 8.48. The Kier molecular flexibility index (Phi) is 6.89. The molecule has 56 valence electrons. The second-order valence-corrected chi connectivity index (χ2v) is 1.43. The summed E-state index contributed by atoms with van der Waals surface area (Å²) in [7, 11) is 0. The Balaban J connectivity index is 0. The maximum atomic E-state index is 10.3. The average Bonchev–Trinajstić information content (AvgIpc) is 1.67. The van der Waals surface area contributed by atoms with Gasteiger partial charge in [-0.05, 0) is 13.8 Å². The summed E-state index contributed by atoms with van der Waals surface area (Å²) in [5.41, 5.74) is 0. The lowest BCUT2D eigenvalue weighted by atomic mass is 10.4. The molecule has 0 aromatic carbocycles. The van der Waals surface area contributed by atoms with Crippen molar-refractivity contribution in [3.63, 3.8) is 0 Å². The van der Waals surface area contributed by atoms with E-state index in [1.54, 1.807) is 6.92 Å². The number of aliphatic hydroxyl groups excluding tert-OH is 1. The molecule has 0 fully saturated rings. The van der Waals surface area contributed by atoms with E-state index < -0.39 is 12.1 Å². The fourth-order valence-corrected chi connectivity index (χ4v) is 0.263. The van der Waals surface area contributed by atoms with E-state index in [1.165, 1.54) is 6.92 Å². The number of aliphatic hydroxyl groups is 1. The quantitative estimate of drug-likeness (QED) is 0.500. The van der Waals surface area contributed by atoms with E-state index in [2.05, 4.69) is 4.74 Å². The number of carbonyl (C=O) groups excluding carboxylic acids is 1. The third kappa shape index (κ3) is 5.26. The molecule has 3 N–H and O–H groups in total. The molecule has 1 atom stereocenters. The molecule has 0 aliphatic carbocycles. The van der Waals surface area contributed by atoms with Crippen molar-refractivity contribution in [1.82, 2.24) is 0 Å². The Morgan fingerprint density at radius 1 is 1.78 bits per heavy atom. The van der Waals surface area contributed by atoms with Gasteiger partial charge < -0.3 is 15.3 Å². The topological polar surface area (TPSA) is 78.0 Å². The van der Waals surface area contributed by atoms with Gasteiger partial charge in [0, 0.05) is 0 Å². The van der Waals surface area contributed by atoms with E-state index in [9.17, 15) is 4.79 Å². The second kappa shape index (κ2) is 5.53. The van der Waals surface area contributed by atoms with E-state index in [0.717, 1.165) is 0 Å². The van der Waals surface area contributed by atoms with Crippen LogP contribution in [-0.2, 0) is 9.53 Å². The molecule has 0 aliphatic heterocycles. The van der Waals surface area contributed by atoms with Crippen LogP contribution in [0.2, 0.25) is 0 Å². The highest BCUT2D eigenvalue weighted by Gasteiger charge is 2.07. The third-order valence-corrected chi connectivity index (χ3v) is 0.628. The van der Waals surface area contributed by atoms with Gasteiger partial charge in [-0.25, -0.2) is 4.79 Å². The number of ether oxygens (including phenoxy) is 1. The highest BCUT2D eigenvalue weighted by Crippen LogP contribution is 1.84. The minimum Gasteiger partial charge on any atom is -0.464 e. The first kappa shape index (κ1) is 11.2. The van der Waals surface area contributed by atoms with Gasteiger partial charge in [0.1, 0.15) is 6.10 Å². The van der Waals surface area contributed by atoms with E-state index in [-0.39, 0.29) is 5.48 Å². The molecule has 0 aromatic rings. The van der Waals surface area contributed by atoms with Crippen LogP contribution in [-0.4, -0.2) is 29.3 Å². The summed E-state index contributed by atoms with van der Waals surface area (Å²) in [5.74, 6) is -0.562. The predicted molar refractivity (Wildman–Crippen MR) is 31.9 cm³/mol. The smallest absolute Gasteiger partial charge is 0.334 e. The van der Waals surface area contributed by atoms with Gasteiger partial charge >= 0.3 is 5.97 Å². The van der Waals surface area contributed by atoms with Crippen LogP contribution in [0, 0.1) is 0 Å². The van der Waals surface area contributed by atoms with Crippen LogP contribution in [0.5, 0.6) is 0 Å². The van der Waals surface area contributed by atoms with Crippen molar-refractivity contribution in [2.75, 3.05) is 6.61 Å². The fourth-order valence-electron chi connectivity index (χ4n) is 0.263. The Labute approximate surface area is 53.7 Å². The Bertz CT molecular complexity index is 79.0. The number of rotatable bonds is 2. The van der Waals surface area contributed by atoms with Crippen LogP contribution < -0.4 is 0 Å². The second-order valence-electron chi connectivity index (χ2n) is 1.43. The van der Waals surface area contributed by atoms with Gasteiger partial charge in [0.05, 0.1) is 6.61 Å². The van der Waals surface area contributed by atoms with Crippen LogP contribution in [0.25, 0.3) is 0 Å². The molecule has 0 saturated heterocycles. The van der Waals surface area contributed by atoms with Crippen molar-refractivity contribution in [3.8, 4) is 0 Å². The van der Waals surface area contributed by atoms with Crippen LogP contribution in [0.4, 0.5) is 0 Å². The van der Waals surface area contributed by atoms with Crippen molar-refractivity contribution in [3.05, 3.63) is 0 Å². The molecule has 9 heavy (non-hydrogen) atoms. The molecule has 0 saturated carbocycles. The van der Waals surface area contributed by atoms with Crippen LogP contribution in [0.15, 0.2) is 0 Å². The van der Waals surface area contributed by atoms with Gasteiger partial charge in [0.25, 0.3) is 0 Å². The lowest BCUT2D eigenvalue weighted by Crippen LogP contribution is -2.18. The highest BCUT2D eigenvalue weighted by atomic mass is 16.5. The molecule has 0 spiro atoms. The SMILES string of the molecule is CCOC(=O)C(C)O.O.